The van der Waals surface area contributed by atoms with Crippen molar-refractivity contribution in [1.29, 1.82) is 0 Å². The smallest absolute Gasteiger partial charge is 0.253 e. The number of carbonyl (C=O) groups excluding carboxylic acids is 1. The molecule has 4 atom stereocenters. The second-order valence-electron chi connectivity index (χ2n) is 8.43. The van der Waals surface area contributed by atoms with Crippen molar-refractivity contribution in [3.63, 3.8) is 0 Å². The quantitative estimate of drug-likeness (QED) is 0.696. The van der Waals surface area contributed by atoms with Gasteiger partial charge in [-0.25, -0.2) is 9.37 Å². The minimum absolute atomic E-state index is 0.00375. The highest BCUT2D eigenvalue weighted by Gasteiger charge is 2.44. The normalized spacial score (nSPS) is 26.0. The molecule has 0 bridgehead atoms. The topological polar surface area (TPSA) is 78.5 Å². The highest BCUT2D eigenvalue weighted by molar-refractivity contribution is 5.97. The minimum atomic E-state index is -0.601. The van der Waals surface area contributed by atoms with Crippen LogP contribution < -0.4 is 4.74 Å². The van der Waals surface area contributed by atoms with Crippen LogP contribution in [0.5, 0.6) is 5.75 Å². The third kappa shape index (κ3) is 3.54. The molecule has 1 aromatic heterocycles. The Morgan fingerprint density at radius 1 is 1.17 bits per heavy atom. The third-order valence-electron chi connectivity index (χ3n) is 6.32. The summed E-state index contributed by atoms with van der Waals surface area (Å²) in [6, 6.07) is 11.4. The Balaban J connectivity index is 1.28. The number of aliphatic hydroxyl groups excluding tert-OH is 1. The number of nitrogens with zero attached hydrogens (tertiary/aromatic N) is 2. The van der Waals surface area contributed by atoms with E-state index < -0.39 is 6.10 Å². The summed E-state index contributed by atoms with van der Waals surface area (Å²) >= 11 is 0. The van der Waals surface area contributed by atoms with E-state index in [2.05, 4.69) is 9.97 Å². The first kappa shape index (κ1) is 19.1. The number of fused-ring (bicyclic) bond motifs is 2. The highest BCUT2D eigenvalue weighted by Crippen LogP contribution is 2.38. The van der Waals surface area contributed by atoms with E-state index in [1.165, 1.54) is 12.1 Å². The predicted octanol–water partition coefficient (Wildman–Crippen LogP) is 3.30. The summed E-state index contributed by atoms with van der Waals surface area (Å²) in [6.07, 6.45) is 0.317. The van der Waals surface area contributed by atoms with E-state index in [9.17, 15) is 14.3 Å². The van der Waals surface area contributed by atoms with Crippen LogP contribution in [0.4, 0.5) is 4.39 Å². The molecule has 2 aromatic carbocycles. The Morgan fingerprint density at radius 3 is 2.67 bits per heavy atom. The largest absolute Gasteiger partial charge is 0.488 e. The molecule has 2 heterocycles. The molecule has 0 unspecified atom stereocenters. The van der Waals surface area contributed by atoms with Crippen molar-refractivity contribution in [2.24, 2.45) is 11.8 Å². The fourth-order valence-corrected chi connectivity index (χ4v) is 4.82. The van der Waals surface area contributed by atoms with Crippen LogP contribution in [0.3, 0.4) is 0 Å². The molecule has 7 heteroatoms. The van der Waals surface area contributed by atoms with E-state index in [1.807, 2.05) is 30.0 Å². The number of aryl methyl sites for hydroxylation is 1. The molecule has 1 aliphatic heterocycles. The van der Waals surface area contributed by atoms with Gasteiger partial charge in [0.15, 0.2) is 0 Å². The number of hydrogen-bond acceptors (Lipinski definition) is 4. The molecule has 0 spiro atoms. The zero-order valence-corrected chi connectivity index (χ0v) is 16.7. The molecule has 1 saturated carbocycles. The number of halogens is 1. The number of aromatic nitrogens is 2. The number of aromatic amines is 1. The van der Waals surface area contributed by atoms with Gasteiger partial charge in [-0.15, -0.1) is 0 Å². The SMILES string of the molecule is Cc1nc2ccc(C(=O)N3C[C@H]4C[C@@H](Oc5ccc(F)cc5)[C@H](O)C[C@H]4C3)cc2[nH]1. The Hall–Kier alpha value is -2.93. The van der Waals surface area contributed by atoms with Crippen LogP contribution in [0.1, 0.15) is 29.0 Å². The maximum absolute atomic E-state index is 13.1. The Labute approximate surface area is 173 Å². The minimum Gasteiger partial charge on any atom is -0.488 e. The van der Waals surface area contributed by atoms with E-state index >= 15 is 0 Å². The number of nitrogens with one attached hydrogen (secondary N) is 1. The summed E-state index contributed by atoms with van der Waals surface area (Å²) in [5.74, 6) is 1.59. The zero-order valence-electron chi connectivity index (χ0n) is 16.7. The molecule has 6 nitrogen and oxygen atoms in total. The average molecular weight is 409 g/mol. The number of carbonyl (C=O) groups is 1. The number of likely N-dealkylation sites (tertiary alicyclic amines) is 1. The molecule has 30 heavy (non-hydrogen) atoms. The number of H-pyrrole nitrogens is 1. The maximum Gasteiger partial charge on any atom is 0.253 e. The number of hydrogen-bond donors (Lipinski definition) is 2. The first-order chi connectivity index (χ1) is 14.5. The lowest BCUT2D eigenvalue weighted by Crippen LogP contribution is -2.42. The summed E-state index contributed by atoms with van der Waals surface area (Å²) in [5.41, 5.74) is 2.35. The lowest BCUT2D eigenvalue weighted by molar-refractivity contribution is -0.0231. The first-order valence-corrected chi connectivity index (χ1v) is 10.3. The van der Waals surface area contributed by atoms with Crippen LogP contribution in [-0.4, -0.2) is 51.2 Å². The Bertz CT molecular complexity index is 1080. The molecule has 0 radical (unpaired) electrons. The zero-order chi connectivity index (χ0) is 20.8. The average Bonchev–Trinajstić information content (AvgIpc) is 3.30. The number of amides is 1. The van der Waals surface area contributed by atoms with Gasteiger partial charge in [0.25, 0.3) is 5.91 Å². The summed E-state index contributed by atoms with van der Waals surface area (Å²) in [7, 11) is 0. The van der Waals surface area contributed by atoms with Crippen LogP contribution in [0, 0.1) is 24.6 Å². The highest BCUT2D eigenvalue weighted by atomic mass is 19.1. The Kier molecular flexibility index (Phi) is 4.70. The monoisotopic (exact) mass is 409 g/mol. The lowest BCUT2D eigenvalue weighted by Gasteiger charge is -2.35. The van der Waals surface area contributed by atoms with Crippen molar-refractivity contribution in [3.8, 4) is 5.75 Å². The number of aliphatic hydroxyl groups is 1. The van der Waals surface area contributed by atoms with E-state index in [0.29, 0.717) is 37.2 Å². The molecule has 5 rings (SSSR count). The molecular formula is C23H24FN3O3. The van der Waals surface area contributed by atoms with Crippen molar-refractivity contribution >= 4 is 16.9 Å². The van der Waals surface area contributed by atoms with Gasteiger partial charge in [-0.05, 0) is 74.1 Å². The molecule has 2 fully saturated rings. The molecule has 1 saturated heterocycles. The van der Waals surface area contributed by atoms with Crippen molar-refractivity contribution in [2.75, 3.05) is 13.1 Å². The van der Waals surface area contributed by atoms with Gasteiger partial charge < -0.3 is 19.7 Å². The predicted molar refractivity (Wildman–Crippen MR) is 110 cm³/mol. The second-order valence-corrected chi connectivity index (χ2v) is 8.43. The maximum atomic E-state index is 13.1. The van der Waals surface area contributed by atoms with Gasteiger partial charge in [-0.1, -0.05) is 0 Å². The van der Waals surface area contributed by atoms with Crippen molar-refractivity contribution in [2.45, 2.75) is 32.0 Å². The fourth-order valence-electron chi connectivity index (χ4n) is 4.82. The molecule has 3 aromatic rings. The van der Waals surface area contributed by atoms with E-state index in [1.54, 1.807) is 12.1 Å². The van der Waals surface area contributed by atoms with Crippen LogP contribution >= 0.6 is 0 Å². The van der Waals surface area contributed by atoms with Gasteiger partial charge in [0.2, 0.25) is 0 Å². The number of ether oxygens (including phenoxy) is 1. The molecule has 156 valence electrons. The van der Waals surface area contributed by atoms with Crippen LogP contribution in [-0.2, 0) is 0 Å². The van der Waals surface area contributed by atoms with E-state index in [0.717, 1.165) is 16.9 Å². The molecule has 2 N–H and O–H groups in total. The van der Waals surface area contributed by atoms with Gasteiger partial charge >= 0.3 is 0 Å². The summed E-state index contributed by atoms with van der Waals surface area (Å²) in [4.78, 5) is 22.5. The summed E-state index contributed by atoms with van der Waals surface area (Å²) < 4.78 is 19.0. The van der Waals surface area contributed by atoms with Crippen molar-refractivity contribution < 1.29 is 19.0 Å². The molecule has 2 aliphatic rings. The fraction of sp³-hybridized carbons (Fsp3) is 0.391. The van der Waals surface area contributed by atoms with Gasteiger partial charge in [-0.2, -0.15) is 0 Å². The lowest BCUT2D eigenvalue weighted by atomic mass is 9.78. The van der Waals surface area contributed by atoms with Crippen molar-refractivity contribution in [3.05, 3.63) is 59.7 Å². The summed E-state index contributed by atoms with van der Waals surface area (Å²) in [5, 5.41) is 10.6. The van der Waals surface area contributed by atoms with Crippen molar-refractivity contribution in [1.82, 2.24) is 14.9 Å². The van der Waals surface area contributed by atoms with Crippen LogP contribution in [0.2, 0.25) is 0 Å². The molecule has 1 aliphatic carbocycles. The Morgan fingerprint density at radius 2 is 1.90 bits per heavy atom. The van der Waals surface area contributed by atoms with E-state index in [-0.39, 0.29) is 29.7 Å². The van der Waals surface area contributed by atoms with Gasteiger partial charge in [0.1, 0.15) is 23.5 Å². The van der Waals surface area contributed by atoms with Gasteiger partial charge in [0.05, 0.1) is 17.1 Å². The first-order valence-electron chi connectivity index (χ1n) is 10.3. The molecule has 1 amide bonds. The number of benzene rings is 2. The van der Waals surface area contributed by atoms with Gasteiger partial charge in [-0.3, -0.25) is 4.79 Å². The number of rotatable bonds is 3. The van der Waals surface area contributed by atoms with Crippen LogP contribution in [0.15, 0.2) is 42.5 Å². The second kappa shape index (κ2) is 7.40. The standard InChI is InChI=1S/C23H24FN3O3/c1-13-25-19-7-2-14(8-20(19)26-13)23(29)27-11-15-9-21(28)22(10-16(15)12-27)30-18-5-3-17(24)4-6-18/h2-8,15-16,21-22,28H,9-12H2,1H3,(H,25,26)/t15-,16+,21+,22+/m0/s1. The van der Waals surface area contributed by atoms with E-state index in [4.69, 9.17) is 4.74 Å². The third-order valence-corrected chi connectivity index (χ3v) is 6.32. The van der Waals surface area contributed by atoms with Crippen LogP contribution in [0.25, 0.3) is 11.0 Å². The molecular weight excluding hydrogens is 385 g/mol. The summed E-state index contributed by atoms with van der Waals surface area (Å²) in [6.45, 7) is 3.19. The van der Waals surface area contributed by atoms with Gasteiger partial charge in [0, 0.05) is 18.7 Å². The number of imidazole rings is 1.